The Morgan fingerprint density at radius 1 is 1.08 bits per heavy atom. The van der Waals surface area contributed by atoms with Crippen molar-refractivity contribution in [3.05, 3.63) is 83.9 Å². The van der Waals surface area contributed by atoms with Crippen molar-refractivity contribution in [3.63, 3.8) is 0 Å². The SMILES string of the molecule is CN(c1ccccc1)c1nccc(C(=O)NCc2ccccc2F)n1. The lowest BCUT2D eigenvalue weighted by Crippen LogP contribution is -2.25. The summed E-state index contributed by atoms with van der Waals surface area (Å²) in [6.07, 6.45) is 1.53. The molecule has 0 saturated carbocycles. The zero-order valence-electron chi connectivity index (χ0n) is 13.7. The minimum atomic E-state index is -0.381. The van der Waals surface area contributed by atoms with Gasteiger partial charge >= 0.3 is 0 Å². The van der Waals surface area contributed by atoms with Gasteiger partial charge in [0.2, 0.25) is 5.95 Å². The Balaban J connectivity index is 1.72. The highest BCUT2D eigenvalue weighted by Gasteiger charge is 2.12. The third kappa shape index (κ3) is 3.98. The number of halogens is 1. The van der Waals surface area contributed by atoms with Gasteiger partial charge in [0.15, 0.2) is 0 Å². The molecule has 1 aromatic heterocycles. The van der Waals surface area contributed by atoms with Gasteiger partial charge in [-0.25, -0.2) is 14.4 Å². The van der Waals surface area contributed by atoms with Gasteiger partial charge in [-0.1, -0.05) is 36.4 Å². The quantitative estimate of drug-likeness (QED) is 0.776. The molecule has 1 heterocycles. The molecule has 2 aromatic carbocycles. The van der Waals surface area contributed by atoms with Crippen molar-refractivity contribution in [2.75, 3.05) is 11.9 Å². The molecule has 0 radical (unpaired) electrons. The number of aromatic nitrogens is 2. The Morgan fingerprint density at radius 2 is 1.80 bits per heavy atom. The van der Waals surface area contributed by atoms with Crippen LogP contribution in [0.3, 0.4) is 0 Å². The summed E-state index contributed by atoms with van der Waals surface area (Å²) in [5.41, 5.74) is 1.56. The number of nitrogens with zero attached hydrogens (tertiary/aromatic N) is 3. The highest BCUT2D eigenvalue weighted by Crippen LogP contribution is 2.19. The van der Waals surface area contributed by atoms with Crippen LogP contribution in [-0.2, 0) is 6.54 Å². The van der Waals surface area contributed by atoms with Crippen LogP contribution in [-0.4, -0.2) is 22.9 Å². The summed E-state index contributed by atoms with van der Waals surface area (Å²) in [6.45, 7) is 0.0966. The highest BCUT2D eigenvalue weighted by atomic mass is 19.1. The van der Waals surface area contributed by atoms with E-state index in [1.807, 2.05) is 37.4 Å². The van der Waals surface area contributed by atoms with E-state index in [1.165, 1.54) is 18.3 Å². The molecule has 3 rings (SSSR count). The number of amides is 1. The van der Waals surface area contributed by atoms with E-state index in [2.05, 4.69) is 15.3 Å². The van der Waals surface area contributed by atoms with E-state index in [9.17, 15) is 9.18 Å². The Morgan fingerprint density at radius 3 is 2.56 bits per heavy atom. The molecule has 0 aliphatic heterocycles. The van der Waals surface area contributed by atoms with E-state index in [0.29, 0.717) is 11.5 Å². The monoisotopic (exact) mass is 336 g/mol. The van der Waals surface area contributed by atoms with E-state index in [-0.39, 0.29) is 24.0 Å². The average molecular weight is 336 g/mol. The molecule has 6 heteroatoms. The summed E-state index contributed by atoms with van der Waals surface area (Å²) in [4.78, 5) is 22.6. The molecule has 0 fully saturated rings. The van der Waals surface area contributed by atoms with Crippen LogP contribution in [0.15, 0.2) is 66.9 Å². The molecule has 0 atom stereocenters. The lowest BCUT2D eigenvalue weighted by atomic mass is 10.2. The van der Waals surface area contributed by atoms with Crippen LogP contribution in [0.25, 0.3) is 0 Å². The fraction of sp³-hybridized carbons (Fsp3) is 0.105. The van der Waals surface area contributed by atoms with Crippen LogP contribution in [0.5, 0.6) is 0 Å². The number of carbonyl (C=O) groups is 1. The molecular formula is C19H17FN4O. The Bertz CT molecular complexity index is 870. The molecule has 1 N–H and O–H groups in total. The Hall–Kier alpha value is -3.28. The molecule has 126 valence electrons. The molecule has 1 amide bonds. The summed E-state index contributed by atoms with van der Waals surface area (Å²) >= 11 is 0. The molecule has 3 aromatic rings. The standard InChI is InChI=1S/C19H17FN4O/c1-24(15-8-3-2-4-9-15)19-21-12-11-17(23-19)18(25)22-13-14-7-5-6-10-16(14)20/h2-12H,13H2,1H3,(H,22,25). The molecule has 0 spiro atoms. The van der Waals surface area contributed by atoms with E-state index in [0.717, 1.165) is 5.69 Å². The number of carbonyl (C=O) groups excluding carboxylic acids is 1. The summed E-state index contributed by atoms with van der Waals surface area (Å²) < 4.78 is 13.6. The number of hydrogen-bond donors (Lipinski definition) is 1. The predicted molar refractivity (Wildman–Crippen MR) is 94.1 cm³/mol. The van der Waals surface area contributed by atoms with Gasteiger partial charge in [-0.2, -0.15) is 0 Å². The summed E-state index contributed by atoms with van der Waals surface area (Å²) in [6, 6.07) is 17.4. The number of anilines is 2. The molecule has 0 aliphatic rings. The molecule has 0 unspecified atom stereocenters. The maximum atomic E-state index is 13.6. The Kier molecular flexibility index (Phi) is 4.99. The minimum absolute atomic E-state index is 0.0966. The molecule has 5 nitrogen and oxygen atoms in total. The van der Waals surface area contributed by atoms with Gasteiger partial charge in [0.25, 0.3) is 5.91 Å². The van der Waals surface area contributed by atoms with Crippen molar-refractivity contribution in [1.82, 2.24) is 15.3 Å². The first kappa shape index (κ1) is 16.6. The Labute approximate surface area is 145 Å². The van der Waals surface area contributed by atoms with Crippen molar-refractivity contribution >= 4 is 17.5 Å². The fourth-order valence-electron chi connectivity index (χ4n) is 2.31. The van der Waals surface area contributed by atoms with E-state index >= 15 is 0 Å². The number of benzene rings is 2. The first-order chi connectivity index (χ1) is 12.1. The summed E-state index contributed by atoms with van der Waals surface area (Å²) in [5.74, 6) is -0.326. The fourth-order valence-corrected chi connectivity index (χ4v) is 2.31. The molecular weight excluding hydrogens is 319 g/mol. The van der Waals surface area contributed by atoms with Gasteiger partial charge in [-0.3, -0.25) is 4.79 Å². The van der Waals surface area contributed by atoms with Gasteiger partial charge in [-0.05, 0) is 24.3 Å². The van der Waals surface area contributed by atoms with Crippen molar-refractivity contribution in [3.8, 4) is 0 Å². The van der Waals surface area contributed by atoms with E-state index in [4.69, 9.17) is 0 Å². The normalized spacial score (nSPS) is 10.3. The number of nitrogens with one attached hydrogen (secondary N) is 1. The van der Waals surface area contributed by atoms with Gasteiger partial charge < -0.3 is 10.2 Å². The maximum Gasteiger partial charge on any atom is 0.270 e. The first-order valence-corrected chi connectivity index (χ1v) is 7.78. The molecule has 0 saturated heterocycles. The highest BCUT2D eigenvalue weighted by molar-refractivity contribution is 5.92. The molecule has 0 aliphatic carbocycles. The minimum Gasteiger partial charge on any atom is -0.347 e. The smallest absolute Gasteiger partial charge is 0.270 e. The third-order valence-electron chi connectivity index (χ3n) is 3.72. The number of para-hydroxylation sites is 1. The zero-order valence-corrected chi connectivity index (χ0v) is 13.7. The number of hydrogen-bond acceptors (Lipinski definition) is 4. The second-order valence-corrected chi connectivity index (χ2v) is 5.41. The van der Waals surface area contributed by atoms with Crippen LogP contribution in [0.2, 0.25) is 0 Å². The van der Waals surface area contributed by atoms with Crippen LogP contribution < -0.4 is 10.2 Å². The third-order valence-corrected chi connectivity index (χ3v) is 3.72. The van der Waals surface area contributed by atoms with E-state index in [1.54, 1.807) is 23.1 Å². The maximum absolute atomic E-state index is 13.6. The summed E-state index contributed by atoms with van der Waals surface area (Å²) in [7, 11) is 1.83. The number of rotatable bonds is 5. The first-order valence-electron chi connectivity index (χ1n) is 7.78. The van der Waals surface area contributed by atoms with Gasteiger partial charge in [0, 0.05) is 31.0 Å². The van der Waals surface area contributed by atoms with Crippen LogP contribution in [0, 0.1) is 5.82 Å². The lowest BCUT2D eigenvalue weighted by Gasteiger charge is -2.17. The zero-order chi connectivity index (χ0) is 17.6. The van der Waals surface area contributed by atoms with Gasteiger partial charge in [0.05, 0.1) is 0 Å². The van der Waals surface area contributed by atoms with Crippen LogP contribution >= 0.6 is 0 Å². The van der Waals surface area contributed by atoms with Gasteiger partial charge in [0.1, 0.15) is 11.5 Å². The molecule has 25 heavy (non-hydrogen) atoms. The van der Waals surface area contributed by atoms with Crippen molar-refractivity contribution in [2.24, 2.45) is 0 Å². The van der Waals surface area contributed by atoms with Crippen LogP contribution in [0.1, 0.15) is 16.1 Å². The topological polar surface area (TPSA) is 58.1 Å². The van der Waals surface area contributed by atoms with Crippen LogP contribution in [0.4, 0.5) is 16.0 Å². The predicted octanol–water partition coefficient (Wildman–Crippen LogP) is 3.31. The molecule has 0 bridgehead atoms. The second kappa shape index (κ2) is 7.53. The van der Waals surface area contributed by atoms with E-state index < -0.39 is 0 Å². The average Bonchev–Trinajstić information content (AvgIpc) is 2.67. The largest absolute Gasteiger partial charge is 0.347 e. The second-order valence-electron chi connectivity index (χ2n) is 5.41. The van der Waals surface area contributed by atoms with Crippen molar-refractivity contribution in [1.29, 1.82) is 0 Å². The van der Waals surface area contributed by atoms with Gasteiger partial charge in [-0.15, -0.1) is 0 Å². The lowest BCUT2D eigenvalue weighted by molar-refractivity contribution is 0.0945. The van der Waals surface area contributed by atoms with Crippen molar-refractivity contribution in [2.45, 2.75) is 6.54 Å². The summed E-state index contributed by atoms with van der Waals surface area (Å²) in [5, 5.41) is 2.67. The van der Waals surface area contributed by atoms with Crippen molar-refractivity contribution < 1.29 is 9.18 Å².